The number of allylic oxidation sites excluding steroid dienone is 3. The number of ketones is 1. The lowest BCUT2D eigenvalue weighted by Gasteiger charge is -2.15. The van der Waals surface area contributed by atoms with E-state index in [0.29, 0.717) is 18.5 Å². The van der Waals surface area contributed by atoms with Crippen molar-refractivity contribution in [1.82, 2.24) is 0 Å². The molecule has 0 bridgehead atoms. The van der Waals surface area contributed by atoms with E-state index in [1.165, 1.54) is 6.08 Å². The number of ether oxygens (including phenoxy) is 1. The van der Waals surface area contributed by atoms with E-state index >= 15 is 0 Å². The number of nitrogens with zero attached hydrogens (tertiary/aromatic N) is 1. The quantitative estimate of drug-likeness (QED) is 0.350. The minimum Gasteiger partial charge on any atom is -0.454 e. The molecule has 5 heteroatoms. The summed E-state index contributed by atoms with van der Waals surface area (Å²) >= 11 is 0. The molecule has 1 aromatic rings. The van der Waals surface area contributed by atoms with Crippen LogP contribution in [0.4, 0.5) is 5.69 Å². The Hall–Kier alpha value is -2.69. The van der Waals surface area contributed by atoms with Gasteiger partial charge in [-0.25, -0.2) is 4.79 Å². The number of amides is 1. The summed E-state index contributed by atoms with van der Waals surface area (Å²) in [5.74, 6) is -0.737. The van der Waals surface area contributed by atoms with Crippen molar-refractivity contribution in [3.8, 4) is 0 Å². The first kappa shape index (κ1) is 16.7. The molecule has 0 atom stereocenters. The van der Waals surface area contributed by atoms with E-state index < -0.39 is 5.97 Å². The van der Waals surface area contributed by atoms with Crippen molar-refractivity contribution in [2.75, 3.05) is 18.1 Å². The number of anilines is 1. The van der Waals surface area contributed by atoms with Gasteiger partial charge >= 0.3 is 5.97 Å². The van der Waals surface area contributed by atoms with Gasteiger partial charge in [-0.1, -0.05) is 18.2 Å². The van der Waals surface area contributed by atoms with Gasteiger partial charge in [0.1, 0.15) is 0 Å². The molecule has 0 aliphatic carbocycles. The van der Waals surface area contributed by atoms with Crippen molar-refractivity contribution in [3.05, 3.63) is 54.1 Å². The van der Waals surface area contributed by atoms with Crippen molar-refractivity contribution < 1.29 is 19.1 Å². The highest BCUT2D eigenvalue weighted by Gasteiger charge is 2.21. The van der Waals surface area contributed by atoms with E-state index in [1.54, 1.807) is 47.4 Å². The van der Waals surface area contributed by atoms with Crippen LogP contribution in [0.25, 0.3) is 0 Å². The van der Waals surface area contributed by atoms with Gasteiger partial charge in [0.2, 0.25) is 5.91 Å². The Bertz CT molecular complexity index is 643. The summed E-state index contributed by atoms with van der Waals surface area (Å²) in [7, 11) is 0. The molecule has 1 heterocycles. The van der Waals surface area contributed by atoms with Crippen LogP contribution in [-0.4, -0.2) is 30.8 Å². The zero-order chi connectivity index (χ0) is 16.7. The molecule has 0 saturated carbocycles. The number of carbonyl (C=O) groups excluding carboxylic acids is 3. The summed E-state index contributed by atoms with van der Waals surface area (Å²) in [4.78, 5) is 36.7. The van der Waals surface area contributed by atoms with Crippen LogP contribution >= 0.6 is 0 Å². The standard InChI is InChI=1S/C18H19NO4/c1-2-3-4-7-18(22)23-13-16(20)14-8-10-15(11-9-14)19-12-5-6-17(19)21/h2-4,7-11H,5-6,12-13H2,1H3/b3-2+,7-4+. The van der Waals surface area contributed by atoms with E-state index in [2.05, 4.69) is 0 Å². The second-order valence-corrected chi connectivity index (χ2v) is 5.11. The van der Waals surface area contributed by atoms with E-state index in [0.717, 1.165) is 12.1 Å². The molecule has 0 aromatic heterocycles. The predicted octanol–water partition coefficient (Wildman–Crippen LogP) is 2.67. The van der Waals surface area contributed by atoms with Crippen molar-refractivity contribution in [2.45, 2.75) is 19.8 Å². The highest BCUT2D eigenvalue weighted by Crippen LogP contribution is 2.21. The number of carbonyl (C=O) groups is 3. The monoisotopic (exact) mass is 313 g/mol. The summed E-state index contributed by atoms with van der Waals surface area (Å²) in [6, 6.07) is 6.77. The molecule has 1 fully saturated rings. The SMILES string of the molecule is C/C=C/C=C/C(=O)OCC(=O)c1ccc(N2CCCC2=O)cc1. The van der Waals surface area contributed by atoms with Crippen LogP contribution < -0.4 is 4.90 Å². The van der Waals surface area contributed by atoms with Crippen molar-refractivity contribution in [3.63, 3.8) is 0 Å². The second kappa shape index (κ2) is 8.08. The van der Waals surface area contributed by atoms with Crippen LogP contribution in [0.1, 0.15) is 30.1 Å². The minimum absolute atomic E-state index is 0.103. The lowest BCUT2D eigenvalue weighted by molar-refractivity contribution is -0.136. The molecular weight excluding hydrogens is 294 g/mol. The molecule has 1 aromatic carbocycles. The van der Waals surface area contributed by atoms with Gasteiger partial charge in [0.25, 0.3) is 0 Å². The molecule has 1 amide bonds. The van der Waals surface area contributed by atoms with Gasteiger partial charge in [-0.3, -0.25) is 9.59 Å². The van der Waals surface area contributed by atoms with Gasteiger partial charge in [-0.2, -0.15) is 0 Å². The fraction of sp³-hybridized carbons (Fsp3) is 0.278. The lowest BCUT2D eigenvalue weighted by Crippen LogP contribution is -2.23. The van der Waals surface area contributed by atoms with Gasteiger partial charge < -0.3 is 9.64 Å². The number of hydrogen-bond donors (Lipinski definition) is 0. The molecule has 0 unspecified atom stereocenters. The largest absolute Gasteiger partial charge is 0.454 e. The van der Waals surface area contributed by atoms with Gasteiger partial charge in [-0.05, 0) is 37.6 Å². The topological polar surface area (TPSA) is 63.7 Å². The fourth-order valence-corrected chi connectivity index (χ4v) is 2.26. The van der Waals surface area contributed by atoms with Gasteiger partial charge in [0.05, 0.1) is 0 Å². The third-order valence-electron chi connectivity index (χ3n) is 3.46. The Kier molecular flexibility index (Phi) is 5.86. The molecule has 0 radical (unpaired) electrons. The van der Waals surface area contributed by atoms with Gasteiger partial charge in [0.15, 0.2) is 12.4 Å². The van der Waals surface area contributed by atoms with Gasteiger partial charge in [-0.15, -0.1) is 0 Å². The van der Waals surface area contributed by atoms with Crippen molar-refractivity contribution in [2.24, 2.45) is 0 Å². The molecular formula is C18H19NO4. The number of esters is 1. The third kappa shape index (κ3) is 4.64. The Labute approximate surface area is 135 Å². The molecule has 1 aliphatic rings. The second-order valence-electron chi connectivity index (χ2n) is 5.11. The minimum atomic E-state index is -0.560. The Balaban J connectivity index is 1.90. The third-order valence-corrected chi connectivity index (χ3v) is 3.46. The zero-order valence-corrected chi connectivity index (χ0v) is 13.0. The molecule has 2 rings (SSSR count). The van der Waals surface area contributed by atoms with E-state index in [1.807, 2.05) is 6.92 Å². The summed E-state index contributed by atoms with van der Waals surface area (Å²) in [5.41, 5.74) is 1.24. The predicted molar refractivity (Wildman–Crippen MR) is 87.3 cm³/mol. The number of Topliss-reactive ketones (excluding diaryl/α,β-unsaturated/α-hetero) is 1. The Morgan fingerprint density at radius 1 is 1.22 bits per heavy atom. The first-order chi connectivity index (χ1) is 11.1. The maximum absolute atomic E-state index is 12.0. The maximum atomic E-state index is 12.0. The average molecular weight is 313 g/mol. The number of rotatable bonds is 6. The smallest absolute Gasteiger partial charge is 0.331 e. The van der Waals surface area contributed by atoms with Gasteiger partial charge in [0, 0.05) is 30.3 Å². The first-order valence-electron chi connectivity index (χ1n) is 7.51. The van der Waals surface area contributed by atoms with Crippen molar-refractivity contribution >= 4 is 23.3 Å². The van der Waals surface area contributed by atoms with Crippen LogP contribution in [0, 0.1) is 0 Å². The zero-order valence-electron chi connectivity index (χ0n) is 13.0. The summed E-state index contributed by atoms with van der Waals surface area (Å²) < 4.78 is 4.88. The number of hydrogen-bond acceptors (Lipinski definition) is 4. The molecule has 1 aliphatic heterocycles. The lowest BCUT2D eigenvalue weighted by atomic mass is 10.1. The fourth-order valence-electron chi connectivity index (χ4n) is 2.26. The highest BCUT2D eigenvalue weighted by atomic mass is 16.5. The van der Waals surface area contributed by atoms with E-state index in [4.69, 9.17) is 4.74 Å². The average Bonchev–Trinajstić information content (AvgIpc) is 2.99. The molecule has 0 N–H and O–H groups in total. The molecule has 23 heavy (non-hydrogen) atoms. The molecule has 5 nitrogen and oxygen atoms in total. The summed E-state index contributed by atoms with van der Waals surface area (Å²) in [5, 5.41) is 0. The Morgan fingerprint density at radius 2 is 1.96 bits per heavy atom. The van der Waals surface area contributed by atoms with Crippen LogP contribution in [0.15, 0.2) is 48.6 Å². The van der Waals surface area contributed by atoms with Crippen molar-refractivity contribution in [1.29, 1.82) is 0 Å². The van der Waals surface area contributed by atoms with E-state index in [-0.39, 0.29) is 18.3 Å². The van der Waals surface area contributed by atoms with Crippen LogP contribution in [-0.2, 0) is 14.3 Å². The molecule has 0 spiro atoms. The Morgan fingerprint density at radius 3 is 2.57 bits per heavy atom. The maximum Gasteiger partial charge on any atom is 0.331 e. The number of benzene rings is 1. The normalized spacial score (nSPS) is 14.8. The molecule has 1 saturated heterocycles. The van der Waals surface area contributed by atoms with E-state index in [9.17, 15) is 14.4 Å². The summed E-state index contributed by atoms with van der Waals surface area (Å²) in [6.07, 6.45) is 7.71. The van der Waals surface area contributed by atoms with Crippen LogP contribution in [0.3, 0.4) is 0 Å². The van der Waals surface area contributed by atoms with Crippen LogP contribution in [0.2, 0.25) is 0 Å². The first-order valence-corrected chi connectivity index (χ1v) is 7.51. The highest BCUT2D eigenvalue weighted by molar-refractivity contribution is 6.00. The molecule has 120 valence electrons. The van der Waals surface area contributed by atoms with Crippen LogP contribution in [0.5, 0.6) is 0 Å². The summed E-state index contributed by atoms with van der Waals surface area (Å²) in [6.45, 7) is 2.24.